The summed E-state index contributed by atoms with van der Waals surface area (Å²) < 4.78 is 47.6. The highest BCUT2D eigenvalue weighted by Crippen LogP contribution is 2.25. The van der Waals surface area contributed by atoms with Gasteiger partial charge in [0, 0.05) is 6.54 Å². The lowest BCUT2D eigenvalue weighted by Gasteiger charge is -2.11. The Balaban J connectivity index is 1.75. The average molecular weight is 443 g/mol. The Morgan fingerprint density at radius 3 is 2.26 bits per heavy atom. The van der Waals surface area contributed by atoms with Crippen LogP contribution >= 0.6 is 15.9 Å². The third-order valence-corrected chi connectivity index (χ3v) is 3.84. The summed E-state index contributed by atoms with van der Waals surface area (Å²) in [5, 5.41) is 7.35. The number of nitrogens with zero attached hydrogens (tertiary/aromatic N) is 3. The maximum atomic E-state index is 12.3. The summed E-state index contributed by atoms with van der Waals surface area (Å²) in [4.78, 5) is 4.24. The van der Waals surface area contributed by atoms with Crippen LogP contribution < -0.4 is 14.8 Å². The van der Waals surface area contributed by atoms with Crippen LogP contribution in [0.4, 0.5) is 19.1 Å². The van der Waals surface area contributed by atoms with E-state index in [9.17, 15) is 13.2 Å². The molecule has 0 saturated heterocycles. The zero-order valence-corrected chi connectivity index (χ0v) is 15.6. The molecule has 1 N–H and O–H groups in total. The molecule has 1 aromatic heterocycles. The third-order valence-electron chi connectivity index (χ3n) is 3.51. The molecule has 0 saturated carbocycles. The molecule has 0 aliphatic carbocycles. The van der Waals surface area contributed by atoms with Gasteiger partial charge in [0.1, 0.15) is 11.5 Å². The molecule has 0 spiro atoms. The van der Waals surface area contributed by atoms with Crippen molar-refractivity contribution in [3.05, 3.63) is 58.8 Å². The summed E-state index contributed by atoms with van der Waals surface area (Å²) in [5.41, 5.74) is 1.52. The molecule has 0 aliphatic heterocycles. The molecule has 142 valence electrons. The van der Waals surface area contributed by atoms with Gasteiger partial charge in [0.25, 0.3) is 0 Å². The number of methoxy groups -OCH3 is 1. The summed E-state index contributed by atoms with van der Waals surface area (Å²) in [6.45, 7) is 0.477. The first-order valence-electron chi connectivity index (χ1n) is 7.69. The number of alkyl halides is 3. The molecule has 3 rings (SSSR count). The fourth-order valence-corrected chi connectivity index (χ4v) is 2.62. The summed E-state index contributed by atoms with van der Waals surface area (Å²) in [5.74, 6) is 0.881. The predicted octanol–water partition coefficient (Wildman–Crippen LogP) is 4.55. The van der Waals surface area contributed by atoms with Crippen LogP contribution in [-0.4, -0.2) is 28.2 Å². The minimum Gasteiger partial charge on any atom is -0.497 e. The molecule has 0 bridgehead atoms. The Kier molecular flexibility index (Phi) is 5.54. The summed E-state index contributed by atoms with van der Waals surface area (Å²) >= 11 is 3.21. The minimum absolute atomic E-state index is 0.307. The first-order valence-corrected chi connectivity index (χ1v) is 8.49. The Morgan fingerprint density at radius 2 is 1.67 bits per heavy atom. The van der Waals surface area contributed by atoms with Crippen molar-refractivity contribution >= 4 is 21.9 Å². The molecule has 0 radical (unpaired) electrons. The molecular weight excluding hydrogens is 429 g/mol. The van der Waals surface area contributed by atoms with E-state index in [0.29, 0.717) is 22.9 Å². The number of nitrogens with one attached hydrogen (secondary N) is 1. The molecule has 0 unspecified atom stereocenters. The van der Waals surface area contributed by atoms with E-state index in [4.69, 9.17) is 4.74 Å². The van der Waals surface area contributed by atoms with Crippen LogP contribution in [-0.2, 0) is 6.54 Å². The zero-order valence-electron chi connectivity index (χ0n) is 14.0. The number of aromatic nitrogens is 3. The molecule has 10 heteroatoms. The number of anilines is 1. The average Bonchev–Trinajstić information content (AvgIpc) is 3.00. The quantitative estimate of drug-likeness (QED) is 0.606. The van der Waals surface area contributed by atoms with Crippen LogP contribution in [0.25, 0.3) is 5.69 Å². The molecule has 2 aromatic carbocycles. The minimum atomic E-state index is -4.73. The predicted molar refractivity (Wildman–Crippen MR) is 96.1 cm³/mol. The highest BCUT2D eigenvalue weighted by atomic mass is 79.9. The molecule has 0 amide bonds. The lowest BCUT2D eigenvalue weighted by Crippen LogP contribution is -2.17. The SMILES string of the molecule is COc1ccc(CNc2nc(Br)nn2-c2ccc(OC(F)(F)F)cc2)cc1. The summed E-state index contributed by atoms with van der Waals surface area (Å²) in [7, 11) is 1.60. The van der Waals surface area contributed by atoms with Crippen molar-refractivity contribution in [2.24, 2.45) is 0 Å². The van der Waals surface area contributed by atoms with E-state index >= 15 is 0 Å². The molecule has 0 aliphatic rings. The van der Waals surface area contributed by atoms with Crippen molar-refractivity contribution in [2.75, 3.05) is 12.4 Å². The molecule has 1 heterocycles. The van der Waals surface area contributed by atoms with E-state index in [2.05, 4.69) is 36.1 Å². The van der Waals surface area contributed by atoms with Crippen molar-refractivity contribution in [3.8, 4) is 17.2 Å². The van der Waals surface area contributed by atoms with E-state index in [1.165, 1.54) is 28.9 Å². The smallest absolute Gasteiger partial charge is 0.497 e. The van der Waals surface area contributed by atoms with Gasteiger partial charge in [-0.15, -0.1) is 18.3 Å². The molecule has 3 aromatic rings. The monoisotopic (exact) mass is 442 g/mol. The Bertz CT molecular complexity index is 896. The second-order valence-electron chi connectivity index (χ2n) is 5.36. The zero-order chi connectivity index (χ0) is 19.4. The fourth-order valence-electron chi connectivity index (χ4n) is 2.29. The van der Waals surface area contributed by atoms with E-state index in [0.717, 1.165) is 11.3 Å². The van der Waals surface area contributed by atoms with Crippen molar-refractivity contribution in [1.29, 1.82) is 0 Å². The summed E-state index contributed by atoms with van der Waals surface area (Å²) in [6, 6.07) is 12.8. The first-order chi connectivity index (χ1) is 12.8. The van der Waals surface area contributed by atoms with E-state index in [1.54, 1.807) is 7.11 Å². The number of ether oxygens (including phenoxy) is 2. The summed E-state index contributed by atoms with van der Waals surface area (Å²) in [6.07, 6.45) is -4.73. The maximum Gasteiger partial charge on any atom is 0.573 e. The second kappa shape index (κ2) is 7.87. The van der Waals surface area contributed by atoms with E-state index < -0.39 is 6.36 Å². The van der Waals surface area contributed by atoms with E-state index in [-0.39, 0.29) is 5.75 Å². The van der Waals surface area contributed by atoms with Gasteiger partial charge in [0.2, 0.25) is 10.7 Å². The number of hydrogen-bond donors (Lipinski definition) is 1. The lowest BCUT2D eigenvalue weighted by molar-refractivity contribution is -0.274. The van der Waals surface area contributed by atoms with Gasteiger partial charge in [0.15, 0.2) is 0 Å². The highest BCUT2D eigenvalue weighted by Gasteiger charge is 2.31. The number of rotatable bonds is 6. The molecule has 6 nitrogen and oxygen atoms in total. The maximum absolute atomic E-state index is 12.3. The third kappa shape index (κ3) is 5.13. The van der Waals surface area contributed by atoms with Gasteiger partial charge < -0.3 is 14.8 Å². The van der Waals surface area contributed by atoms with Gasteiger partial charge in [-0.1, -0.05) is 12.1 Å². The van der Waals surface area contributed by atoms with Gasteiger partial charge >= 0.3 is 6.36 Å². The van der Waals surface area contributed by atoms with Gasteiger partial charge in [-0.25, -0.2) is 0 Å². The number of hydrogen-bond acceptors (Lipinski definition) is 5. The topological polar surface area (TPSA) is 61.2 Å². The van der Waals surface area contributed by atoms with Gasteiger partial charge in [0.05, 0.1) is 12.8 Å². The fraction of sp³-hybridized carbons (Fsp3) is 0.176. The van der Waals surface area contributed by atoms with Crippen LogP contribution in [0, 0.1) is 0 Å². The van der Waals surface area contributed by atoms with E-state index in [1.807, 2.05) is 24.3 Å². The van der Waals surface area contributed by atoms with Crippen molar-refractivity contribution in [1.82, 2.24) is 14.8 Å². The molecule has 0 fully saturated rings. The second-order valence-corrected chi connectivity index (χ2v) is 6.07. The first kappa shape index (κ1) is 19.0. The van der Waals surface area contributed by atoms with Crippen molar-refractivity contribution in [3.63, 3.8) is 0 Å². The van der Waals surface area contributed by atoms with Gasteiger partial charge in [-0.3, -0.25) is 0 Å². The Morgan fingerprint density at radius 1 is 1.04 bits per heavy atom. The van der Waals surface area contributed by atoms with Gasteiger partial charge in [-0.05, 0) is 57.9 Å². The van der Waals surface area contributed by atoms with Gasteiger partial charge in [-0.2, -0.15) is 9.67 Å². The van der Waals surface area contributed by atoms with Crippen LogP contribution in [0.1, 0.15) is 5.56 Å². The van der Waals surface area contributed by atoms with Crippen LogP contribution in [0.15, 0.2) is 53.3 Å². The van der Waals surface area contributed by atoms with Crippen molar-refractivity contribution < 1.29 is 22.6 Å². The molecule has 0 atom stereocenters. The largest absolute Gasteiger partial charge is 0.573 e. The number of benzene rings is 2. The highest BCUT2D eigenvalue weighted by molar-refractivity contribution is 9.10. The normalized spacial score (nSPS) is 11.3. The van der Waals surface area contributed by atoms with Crippen LogP contribution in [0.3, 0.4) is 0 Å². The number of halogens is 4. The van der Waals surface area contributed by atoms with Crippen LogP contribution in [0.2, 0.25) is 0 Å². The molecule has 27 heavy (non-hydrogen) atoms. The lowest BCUT2D eigenvalue weighted by atomic mass is 10.2. The Hall–Kier alpha value is -2.75. The standard InChI is InChI=1S/C17H14BrF3N4O2/c1-26-13-6-2-11(3-7-13)10-22-16-23-15(18)24-25(16)12-4-8-14(9-5-12)27-17(19,20)21/h2-9H,10H2,1H3,(H,22,23,24). The van der Waals surface area contributed by atoms with Crippen molar-refractivity contribution in [2.45, 2.75) is 12.9 Å². The van der Waals surface area contributed by atoms with Crippen LogP contribution in [0.5, 0.6) is 11.5 Å². The molecular formula is C17H14BrF3N4O2. The Labute approximate surface area is 161 Å².